The molecule has 17 heavy (non-hydrogen) atoms. The summed E-state index contributed by atoms with van der Waals surface area (Å²) in [5.41, 5.74) is 1.67. The fraction of sp³-hybridized carbons (Fsp3) is 0.538. The Morgan fingerprint density at radius 3 is 2.41 bits per heavy atom. The van der Waals surface area contributed by atoms with Gasteiger partial charge in [0.25, 0.3) is 0 Å². The minimum Gasteiger partial charge on any atom is -0.496 e. The van der Waals surface area contributed by atoms with E-state index in [9.17, 15) is 0 Å². The second kappa shape index (κ2) is 5.49. The Kier molecular flexibility index (Phi) is 4.51. The minimum atomic E-state index is -0.493. The fourth-order valence-electron chi connectivity index (χ4n) is 1.69. The molecule has 0 bridgehead atoms. The topological polar surface area (TPSA) is 47.7 Å². The first-order chi connectivity index (χ1) is 7.90. The number of nitrogens with zero attached hydrogens (tertiary/aromatic N) is 1. The molecule has 1 aromatic rings. The zero-order valence-electron chi connectivity index (χ0n) is 11.3. The number of rotatable bonds is 5. The first kappa shape index (κ1) is 14.0. The van der Waals surface area contributed by atoms with E-state index in [0.29, 0.717) is 0 Å². The molecule has 1 rings (SSSR count). The fourth-order valence-corrected chi connectivity index (χ4v) is 1.69. The van der Waals surface area contributed by atoms with E-state index < -0.39 is 5.60 Å². The van der Waals surface area contributed by atoms with Gasteiger partial charge < -0.3 is 9.64 Å². The van der Waals surface area contributed by atoms with Crippen molar-refractivity contribution in [1.29, 1.82) is 0 Å². The van der Waals surface area contributed by atoms with E-state index in [-0.39, 0.29) is 0 Å². The number of benzene rings is 1. The smallest absolute Gasteiger partial charge is 0.123 e. The summed E-state index contributed by atoms with van der Waals surface area (Å²) in [6, 6.07) is 6.01. The average Bonchev–Trinajstić information content (AvgIpc) is 2.28. The molecule has 0 fully saturated rings. The Hall–Kier alpha value is -1.10. The van der Waals surface area contributed by atoms with Crippen LogP contribution in [0.25, 0.3) is 0 Å². The summed E-state index contributed by atoms with van der Waals surface area (Å²) < 4.78 is 5.35. The molecule has 2 N–H and O–H groups in total. The van der Waals surface area contributed by atoms with Crippen LogP contribution in [0.15, 0.2) is 18.2 Å². The molecule has 4 nitrogen and oxygen atoms in total. The van der Waals surface area contributed by atoms with Crippen LogP contribution < -0.4 is 10.6 Å². The lowest BCUT2D eigenvalue weighted by Crippen LogP contribution is -2.25. The normalized spacial score (nSPS) is 11.9. The van der Waals surface area contributed by atoms with Crippen molar-refractivity contribution in [1.82, 2.24) is 4.90 Å². The molecule has 4 heteroatoms. The standard InChI is InChI=1S/C13H22N2O2/c1-13(2,17-14)11-6-7-12(16-5)10(8-11)9-15(3)4/h6-8H,9,14H2,1-5H3. The third-order valence-electron chi connectivity index (χ3n) is 2.76. The van der Waals surface area contributed by atoms with E-state index >= 15 is 0 Å². The number of ether oxygens (including phenoxy) is 1. The summed E-state index contributed by atoms with van der Waals surface area (Å²) in [5.74, 6) is 6.20. The second-order valence-corrected chi connectivity index (χ2v) is 4.89. The van der Waals surface area contributed by atoms with Crippen molar-refractivity contribution in [3.05, 3.63) is 29.3 Å². The molecule has 0 atom stereocenters. The predicted octanol–water partition coefficient (Wildman–Crippen LogP) is 1.88. The van der Waals surface area contributed by atoms with E-state index in [1.807, 2.05) is 40.1 Å². The predicted molar refractivity (Wildman–Crippen MR) is 68.7 cm³/mol. The molecular weight excluding hydrogens is 216 g/mol. The van der Waals surface area contributed by atoms with Gasteiger partial charge in [0.2, 0.25) is 0 Å². The van der Waals surface area contributed by atoms with Crippen LogP contribution in [0.3, 0.4) is 0 Å². The van der Waals surface area contributed by atoms with Crippen LogP contribution in [0, 0.1) is 0 Å². The second-order valence-electron chi connectivity index (χ2n) is 4.89. The zero-order valence-corrected chi connectivity index (χ0v) is 11.3. The van der Waals surface area contributed by atoms with E-state index in [2.05, 4.69) is 11.0 Å². The van der Waals surface area contributed by atoms with E-state index in [0.717, 1.165) is 23.4 Å². The third-order valence-corrected chi connectivity index (χ3v) is 2.76. The molecule has 0 radical (unpaired) electrons. The van der Waals surface area contributed by atoms with Gasteiger partial charge in [-0.2, -0.15) is 0 Å². The lowest BCUT2D eigenvalue weighted by molar-refractivity contribution is -0.0237. The summed E-state index contributed by atoms with van der Waals surface area (Å²) in [6.07, 6.45) is 0. The largest absolute Gasteiger partial charge is 0.496 e. The number of methoxy groups -OCH3 is 1. The van der Waals surface area contributed by atoms with Gasteiger partial charge in [-0.1, -0.05) is 6.07 Å². The Labute approximate surface area is 103 Å². The maximum Gasteiger partial charge on any atom is 0.123 e. The molecule has 0 saturated heterocycles. The highest BCUT2D eigenvalue weighted by atomic mass is 16.6. The van der Waals surface area contributed by atoms with E-state index in [1.165, 1.54) is 0 Å². The SMILES string of the molecule is COc1ccc(C(C)(C)ON)cc1CN(C)C. The summed E-state index contributed by atoms with van der Waals surface area (Å²) in [7, 11) is 5.73. The average molecular weight is 238 g/mol. The van der Waals surface area contributed by atoms with Crippen LogP contribution >= 0.6 is 0 Å². The molecule has 1 aromatic carbocycles. The Bertz CT molecular complexity index is 376. The van der Waals surface area contributed by atoms with Crippen molar-refractivity contribution in [2.75, 3.05) is 21.2 Å². The highest BCUT2D eigenvalue weighted by Crippen LogP contribution is 2.28. The molecule has 0 heterocycles. The van der Waals surface area contributed by atoms with Gasteiger partial charge in [-0.15, -0.1) is 0 Å². The number of hydrogen-bond donors (Lipinski definition) is 1. The van der Waals surface area contributed by atoms with Crippen LogP contribution in [0.2, 0.25) is 0 Å². The van der Waals surface area contributed by atoms with Gasteiger partial charge in [0.1, 0.15) is 11.4 Å². The summed E-state index contributed by atoms with van der Waals surface area (Å²) in [4.78, 5) is 7.10. The Morgan fingerprint density at radius 2 is 1.94 bits per heavy atom. The molecular formula is C13H22N2O2. The van der Waals surface area contributed by atoms with Crippen molar-refractivity contribution in [3.63, 3.8) is 0 Å². The molecule has 0 aromatic heterocycles. The zero-order chi connectivity index (χ0) is 13.1. The molecule has 0 amide bonds. The first-order valence-corrected chi connectivity index (χ1v) is 5.60. The van der Waals surface area contributed by atoms with Gasteiger partial charge >= 0.3 is 0 Å². The van der Waals surface area contributed by atoms with Crippen molar-refractivity contribution in [3.8, 4) is 5.75 Å². The van der Waals surface area contributed by atoms with Gasteiger partial charge in [0, 0.05) is 12.1 Å². The highest BCUT2D eigenvalue weighted by molar-refractivity contribution is 5.39. The van der Waals surface area contributed by atoms with Gasteiger partial charge in [0.05, 0.1) is 7.11 Å². The molecule has 0 aliphatic rings. The van der Waals surface area contributed by atoms with Crippen molar-refractivity contribution < 1.29 is 9.57 Å². The van der Waals surface area contributed by atoms with E-state index in [4.69, 9.17) is 15.5 Å². The van der Waals surface area contributed by atoms with Crippen LogP contribution in [-0.4, -0.2) is 26.1 Å². The third kappa shape index (κ3) is 3.43. The summed E-state index contributed by atoms with van der Waals surface area (Å²) in [5, 5.41) is 0. The Morgan fingerprint density at radius 1 is 1.29 bits per heavy atom. The number of nitrogens with two attached hydrogens (primary N) is 1. The Balaban J connectivity index is 3.12. The van der Waals surface area contributed by atoms with Crippen LogP contribution in [0.5, 0.6) is 5.75 Å². The molecule has 0 aliphatic heterocycles. The quantitative estimate of drug-likeness (QED) is 0.796. The molecule has 0 spiro atoms. The minimum absolute atomic E-state index is 0.493. The van der Waals surface area contributed by atoms with Crippen molar-refractivity contribution in [2.24, 2.45) is 5.90 Å². The lowest BCUT2D eigenvalue weighted by Gasteiger charge is -2.24. The van der Waals surface area contributed by atoms with Gasteiger partial charge in [0.15, 0.2) is 0 Å². The summed E-state index contributed by atoms with van der Waals surface area (Å²) in [6.45, 7) is 4.69. The molecule has 0 saturated carbocycles. The van der Waals surface area contributed by atoms with Crippen LogP contribution in [0.1, 0.15) is 25.0 Å². The molecule has 96 valence electrons. The number of hydrogen-bond acceptors (Lipinski definition) is 4. The van der Waals surface area contributed by atoms with E-state index in [1.54, 1.807) is 7.11 Å². The summed E-state index contributed by atoms with van der Waals surface area (Å²) >= 11 is 0. The first-order valence-electron chi connectivity index (χ1n) is 5.60. The maximum absolute atomic E-state index is 5.35. The lowest BCUT2D eigenvalue weighted by atomic mass is 9.96. The highest BCUT2D eigenvalue weighted by Gasteiger charge is 2.21. The van der Waals surface area contributed by atoms with Gasteiger partial charge in [-0.3, -0.25) is 4.84 Å². The van der Waals surface area contributed by atoms with Gasteiger partial charge in [-0.05, 0) is 45.6 Å². The molecule has 0 unspecified atom stereocenters. The van der Waals surface area contributed by atoms with Gasteiger partial charge in [-0.25, -0.2) is 5.90 Å². The maximum atomic E-state index is 5.35. The van der Waals surface area contributed by atoms with Crippen molar-refractivity contribution in [2.45, 2.75) is 26.0 Å². The van der Waals surface area contributed by atoms with Crippen molar-refractivity contribution >= 4 is 0 Å². The molecule has 0 aliphatic carbocycles. The van der Waals surface area contributed by atoms with Crippen LogP contribution in [0.4, 0.5) is 0 Å². The monoisotopic (exact) mass is 238 g/mol. The van der Waals surface area contributed by atoms with Crippen LogP contribution in [-0.2, 0) is 17.0 Å².